The third-order valence-electron chi connectivity index (χ3n) is 4.28. The molecule has 0 aliphatic carbocycles. The summed E-state index contributed by atoms with van der Waals surface area (Å²) in [4.78, 5) is 3.37. The SMILES string of the molecule is O=S1N=C(c2cccc(Oc3ccc4c(c3)SN=C3CCCN34)c2)NO1. The Bertz CT molecular complexity index is 976. The quantitative estimate of drug-likeness (QED) is 0.816. The molecule has 132 valence electrons. The van der Waals surface area contributed by atoms with Gasteiger partial charge >= 0.3 is 11.3 Å². The molecule has 7 nitrogen and oxygen atoms in total. The van der Waals surface area contributed by atoms with Gasteiger partial charge in [0, 0.05) is 30.5 Å². The van der Waals surface area contributed by atoms with Gasteiger partial charge in [0.25, 0.3) is 0 Å². The molecular formula is C17H14N4O3S2. The van der Waals surface area contributed by atoms with Gasteiger partial charge in [-0.25, -0.2) is 9.69 Å². The first-order valence-corrected chi connectivity index (χ1v) is 9.94. The first-order chi connectivity index (χ1) is 12.8. The third-order valence-corrected chi connectivity index (χ3v) is 5.67. The largest absolute Gasteiger partial charge is 0.457 e. The number of hydroxylamine groups is 1. The summed E-state index contributed by atoms with van der Waals surface area (Å²) < 4.78 is 30.4. The van der Waals surface area contributed by atoms with E-state index in [0.717, 1.165) is 41.4 Å². The van der Waals surface area contributed by atoms with Crippen LogP contribution in [0.15, 0.2) is 56.2 Å². The lowest BCUT2D eigenvalue weighted by Gasteiger charge is -2.25. The summed E-state index contributed by atoms with van der Waals surface area (Å²) in [6.07, 6.45) is 2.19. The molecule has 2 aromatic rings. The van der Waals surface area contributed by atoms with E-state index >= 15 is 0 Å². The van der Waals surface area contributed by atoms with Crippen molar-refractivity contribution in [2.24, 2.45) is 8.80 Å². The maximum Gasteiger partial charge on any atom is 0.309 e. The molecule has 1 saturated heterocycles. The summed E-state index contributed by atoms with van der Waals surface area (Å²) in [5.41, 5.74) is 4.49. The highest BCUT2D eigenvalue weighted by atomic mass is 32.2. The third kappa shape index (κ3) is 2.87. The zero-order valence-corrected chi connectivity index (χ0v) is 15.2. The summed E-state index contributed by atoms with van der Waals surface area (Å²) in [6.45, 7) is 1.02. The predicted octanol–water partition coefficient (Wildman–Crippen LogP) is 3.36. The van der Waals surface area contributed by atoms with Crippen LogP contribution in [0, 0.1) is 0 Å². The first-order valence-electron chi connectivity index (χ1n) is 8.14. The maximum absolute atomic E-state index is 11.2. The predicted molar refractivity (Wildman–Crippen MR) is 102 cm³/mol. The second-order valence-electron chi connectivity index (χ2n) is 5.96. The van der Waals surface area contributed by atoms with Gasteiger partial charge in [0.05, 0.1) is 10.6 Å². The number of hydrogen-bond acceptors (Lipinski definition) is 7. The molecule has 1 unspecified atom stereocenters. The first kappa shape index (κ1) is 15.9. The van der Waals surface area contributed by atoms with Gasteiger partial charge < -0.3 is 9.64 Å². The Kier molecular flexibility index (Phi) is 3.92. The Morgan fingerprint density at radius 2 is 2.15 bits per heavy atom. The van der Waals surface area contributed by atoms with Crippen molar-refractivity contribution in [2.45, 2.75) is 17.7 Å². The van der Waals surface area contributed by atoms with Crippen LogP contribution in [0.1, 0.15) is 18.4 Å². The Labute approximate surface area is 157 Å². The van der Waals surface area contributed by atoms with Crippen LogP contribution in [0.2, 0.25) is 0 Å². The van der Waals surface area contributed by atoms with E-state index in [9.17, 15) is 4.21 Å². The molecule has 0 aromatic heterocycles. The van der Waals surface area contributed by atoms with E-state index in [4.69, 9.17) is 9.02 Å². The smallest absolute Gasteiger partial charge is 0.309 e. The second kappa shape index (κ2) is 6.42. The molecule has 5 rings (SSSR count). The summed E-state index contributed by atoms with van der Waals surface area (Å²) >= 11 is -0.185. The highest BCUT2D eigenvalue weighted by Gasteiger charge is 2.26. The van der Waals surface area contributed by atoms with Crippen LogP contribution < -0.4 is 15.1 Å². The number of ether oxygens (including phenoxy) is 1. The van der Waals surface area contributed by atoms with Crippen LogP contribution in [0.4, 0.5) is 5.69 Å². The standard InChI is InChI=1S/C17H14N4O3S2/c22-26-20-17(18-24-26)11-3-1-4-12(9-11)23-13-6-7-14-15(10-13)25-19-16-5-2-8-21(14)16/h1,3-4,6-7,9-10H,2,5,8H2,(H,18,20). The number of amidine groups is 2. The van der Waals surface area contributed by atoms with Gasteiger partial charge in [-0.05, 0) is 36.8 Å². The topological polar surface area (TPSA) is 75.5 Å². The Morgan fingerprint density at radius 1 is 1.23 bits per heavy atom. The maximum atomic E-state index is 11.2. The highest BCUT2D eigenvalue weighted by molar-refractivity contribution is 7.98. The van der Waals surface area contributed by atoms with Crippen molar-refractivity contribution in [1.29, 1.82) is 0 Å². The second-order valence-corrected chi connectivity index (χ2v) is 7.54. The van der Waals surface area contributed by atoms with Gasteiger partial charge in [-0.2, -0.15) is 8.68 Å². The van der Waals surface area contributed by atoms with E-state index in [0.29, 0.717) is 11.6 Å². The molecule has 0 saturated carbocycles. The minimum atomic E-state index is -1.69. The van der Waals surface area contributed by atoms with Gasteiger partial charge in [-0.1, -0.05) is 12.1 Å². The zero-order chi connectivity index (χ0) is 17.5. The molecule has 3 aliphatic rings. The molecule has 0 amide bonds. The van der Waals surface area contributed by atoms with Crippen molar-refractivity contribution >= 4 is 40.6 Å². The van der Waals surface area contributed by atoms with Crippen molar-refractivity contribution < 1.29 is 13.2 Å². The van der Waals surface area contributed by atoms with E-state index in [1.165, 1.54) is 17.6 Å². The number of benzene rings is 2. The number of nitrogens with zero attached hydrogens (tertiary/aromatic N) is 3. The minimum Gasteiger partial charge on any atom is -0.457 e. The van der Waals surface area contributed by atoms with E-state index < -0.39 is 11.3 Å². The average Bonchev–Trinajstić information content (AvgIpc) is 3.30. The van der Waals surface area contributed by atoms with E-state index in [2.05, 4.69) is 25.2 Å². The van der Waals surface area contributed by atoms with Crippen molar-refractivity contribution in [3.05, 3.63) is 48.0 Å². The fourth-order valence-electron chi connectivity index (χ4n) is 3.11. The summed E-state index contributed by atoms with van der Waals surface area (Å²) in [6, 6.07) is 13.4. The Hall–Kier alpha value is -2.36. The molecular weight excluding hydrogens is 372 g/mol. The molecule has 3 aliphatic heterocycles. The lowest BCUT2D eigenvalue weighted by molar-refractivity contribution is 0.306. The molecule has 9 heteroatoms. The number of anilines is 1. The molecule has 2 aromatic carbocycles. The highest BCUT2D eigenvalue weighted by Crippen LogP contribution is 2.41. The zero-order valence-electron chi connectivity index (χ0n) is 13.5. The molecule has 3 heterocycles. The average molecular weight is 386 g/mol. The van der Waals surface area contributed by atoms with Gasteiger partial charge in [0.1, 0.15) is 17.3 Å². The van der Waals surface area contributed by atoms with Crippen molar-refractivity contribution in [3.8, 4) is 11.5 Å². The van der Waals surface area contributed by atoms with E-state index in [-0.39, 0.29) is 0 Å². The van der Waals surface area contributed by atoms with Crippen molar-refractivity contribution in [3.63, 3.8) is 0 Å². The van der Waals surface area contributed by atoms with Crippen molar-refractivity contribution in [2.75, 3.05) is 11.4 Å². The van der Waals surface area contributed by atoms with Crippen LogP contribution in [-0.2, 0) is 15.6 Å². The fraction of sp³-hybridized carbons (Fsp3) is 0.176. The molecule has 0 bridgehead atoms. The molecule has 1 atom stereocenters. The van der Waals surface area contributed by atoms with Gasteiger partial charge in [-0.3, -0.25) is 0 Å². The Morgan fingerprint density at radius 3 is 3.04 bits per heavy atom. The summed E-state index contributed by atoms with van der Waals surface area (Å²) in [5, 5.41) is 0. The van der Waals surface area contributed by atoms with E-state index in [1.54, 1.807) is 0 Å². The summed E-state index contributed by atoms with van der Waals surface area (Å²) in [5.74, 6) is 2.99. The molecule has 0 spiro atoms. The van der Waals surface area contributed by atoms with Gasteiger partial charge in [-0.15, -0.1) is 4.40 Å². The molecule has 1 fully saturated rings. The van der Waals surface area contributed by atoms with Crippen LogP contribution in [0.5, 0.6) is 11.5 Å². The lowest BCUT2D eigenvalue weighted by Crippen LogP contribution is -2.26. The molecule has 1 N–H and O–H groups in total. The van der Waals surface area contributed by atoms with Crippen LogP contribution in [0.25, 0.3) is 0 Å². The normalized spacial score (nSPS) is 20.8. The minimum absolute atomic E-state index is 0.422. The van der Waals surface area contributed by atoms with E-state index in [1.807, 2.05) is 36.4 Å². The number of hydrogen-bond donors (Lipinski definition) is 1. The lowest BCUT2D eigenvalue weighted by atomic mass is 10.2. The number of fused-ring (bicyclic) bond motifs is 3. The van der Waals surface area contributed by atoms with Crippen LogP contribution in [-0.4, -0.2) is 22.4 Å². The van der Waals surface area contributed by atoms with Crippen LogP contribution in [0.3, 0.4) is 0 Å². The number of nitrogens with one attached hydrogen (secondary N) is 1. The van der Waals surface area contributed by atoms with Crippen molar-refractivity contribution in [1.82, 2.24) is 5.48 Å². The van der Waals surface area contributed by atoms with Gasteiger partial charge in [0.2, 0.25) is 0 Å². The Balaban J connectivity index is 1.39. The van der Waals surface area contributed by atoms with Gasteiger partial charge in [0.15, 0.2) is 5.84 Å². The molecule has 26 heavy (non-hydrogen) atoms. The monoisotopic (exact) mass is 386 g/mol. The van der Waals surface area contributed by atoms with Crippen LogP contribution >= 0.6 is 11.9 Å². The number of rotatable bonds is 3. The fourth-order valence-corrected chi connectivity index (χ4v) is 4.42. The molecule has 0 radical (unpaired) electrons. The summed E-state index contributed by atoms with van der Waals surface area (Å²) in [7, 11) is 0.